The number of alkyl halides is 3. The van der Waals surface area contributed by atoms with E-state index in [0.29, 0.717) is 18.4 Å². The van der Waals surface area contributed by atoms with Gasteiger partial charge in [0.05, 0.1) is 17.2 Å². The Bertz CT molecular complexity index is 592. The number of likely N-dealkylation sites (tertiary alicyclic amines) is 1. The lowest BCUT2D eigenvalue weighted by Crippen LogP contribution is -2.27. The van der Waals surface area contributed by atoms with E-state index in [1.807, 2.05) is 0 Å². The Morgan fingerprint density at radius 2 is 1.83 bits per heavy atom. The van der Waals surface area contributed by atoms with Crippen molar-refractivity contribution in [1.82, 2.24) is 10.2 Å². The van der Waals surface area contributed by atoms with Crippen molar-refractivity contribution in [2.45, 2.75) is 25.6 Å². The van der Waals surface area contributed by atoms with Gasteiger partial charge in [-0.1, -0.05) is 6.07 Å². The zero-order valence-electron chi connectivity index (χ0n) is 12.9. The highest BCUT2D eigenvalue weighted by Gasteiger charge is 2.35. The van der Waals surface area contributed by atoms with E-state index in [0.717, 1.165) is 45.1 Å². The Morgan fingerprint density at radius 1 is 1.17 bits per heavy atom. The van der Waals surface area contributed by atoms with Crippen LogP contribution in [0.3, 0.4) is 0 Å². The zero-order valence-corrected chi connectivity index (χ0v) is 12.9. The summed E-state index contributed by atoms with van der Waals surface area (Å²) in [6, 6.07) is 5.68. The average Bonchev–Trinajstić information content (AvgIpc) is 2.88. The van der Waals surface area contributed by atoms with Crippen LogP contribution in [0.15, 0.2) is 18.2 Å². The van der Waals surface area contributed by atoms with Crippen LogP contribution < -0.4 is 5.32 Å². The molecule has 124 valence electrons. The van der Waals surface area contributed by atoms with Crippen molar-refractivity contribution in [3.63, 3.8) is 0 Å². The molecule has 0 aliphatic carbocycles. The molecule has 2 fully saturated rings. The summed E-state index contributed by atoms with van der Waals surface area (Å²) in [7, 11) is 0. The van der Waals surface area contributed by atoms with Crippen molar-refractivity contribution < 1.29 is 13.2 Å². The van der Waals surface area contributed by atoms with Crippen LogP contribution in [-0.2, 0) is 12.7 Å². The van der Waals surface area contributed by atoms with Crippen LogP contribution in [0.4, 0.5) is 13.2 Å². The van der Waals surface area contributed by atoms with E-state index >= 15 is 0 Å². The molecule has 2 saturated heterocycles. The van der Waals surface area contributed by atoms with Gasteiger partial charge in [0.1, 0.15) is 0 Å². The molecular weight excluding hydrogens is 303 g/mol. The number of hydrogen-bond donors (Lipinski definition) is 1. The zero-order chi connectivity index (χ0) is 16.4. The Labute approximate surface area is 134 Å². The third-order valence-corrected chi connectivity index (χ3v) is 5.05. The number of nitrogens with zero attached hydrogens (tertiary/aromatic N) is 2. The van der Waals surface area contributed by atoms with Gasteiger partial charge in [0.15, 0.2) is 0 Å². The van der Waals surface area contributed by atoms with Gasteiger partial charge in [-0.3, -0.25) is 4.90 Å². The second kappa shape index (κ2) is 6.50. The fraction of sp³-hybridized carbons (Fsp3) is 0.588. The summed E-state index contributed by atoms with van der Waals surface area (Å²) in [4.78, 5) is 2.12. The fourth-order valence-corrected chi connectivity index (χ4v) is 3.72. The highest BCUT2D eigenvalue weighted by molar-refractivity contribution is 5.39. The number of fused-ring (bicyclic) bond motifs is 1. The topological polar surface area (TPSA) is 39.1 Å². The van der Waals surface area contributed by atoms with Crippen molar-refractivity contribution in [1.29, 1.82) is 5.26 Å². The lowest BCUT2D eigenvalue weighted by molar-refractivity contribution is -0.138. The molecule has 0 unspecified atom stereocenters. The average molecular weight is 323 g/mol. The number of halogens is 3. The van der Waals surface area contributed by atoms with Crippen LogP contribution in [0.25, 0.3) is 0 Å². The number of benzene rings is 1. The molecule has 23 heavy (non-hydrogen) atoms. The van der Waals surface area contributed by atoms with Crippen LogP contribution >= 0.6 is 0 Å². The van der Waals surface area contributed by atoms with Gasteiger partial charge in [0.2, 0.25) is 0 Å². The molecule has 0 aromatic heterocycles. The minimum absolute atomic E-state index is 0.0533. The molecule has 0 radical (unpaired) electrons. The van der Waals surface area contributed by atoms with Crippen molar-refractivity contribution in [3.05, 3.63) is 34.9 Å². The monoisotopic (exact) mass is 323 g/mol. The Kier molecular flexibility index (Phi) is 4.60. The molecule has 1 aromatic carbocycles. The normalized spacial score (nSPS) is 25.7. The first-order valence-corrected chi connectivity index (χ1v) is 8.00. The summed E-state index contributed by atoms with van der Waals surface area (Å²) in [5.74, 6) is 1.31. The molecule has 1 N–H and O–H groups in total. The molecule has 1 aromatic rings. The molecule has 3 rings (SSSR count). The van der Waals surface area contributed by atoms with E-state index in [9.17, 15) is 13.2 Å². The quantitative estimate of drug-likeness (QED) is 0.909. The molecule has 3 nitrogen and oxygen atoms in total. The van der Waals surface area contributed by atoms with E-state index < -0.39 is 11.7 Å². The predicted octanol–water partition coefficient (Wildman–Crippen LogP) is 3.01. The minimum atomic E-state index is -4.42. The smallest absolute Gasteiger partial charge is 0.316 e. The number of nitrogens with one attached hydrogen (secondary N) is 1. The second-order valence-corrected chi connectivity index (χ2v) is 6.51. The van der Waals surface area contributed by atoms with Crippen LogP contribution in [-0.4, -0.2) is 31.1 Å². The molecular formula is C17H20F3N3. The maximum absolute atomic E-state index is 13.3. The fourth-order valence-electron chi connectivity index (χ4n) is 3.72. The van der Waals surface area contributed by atoms with Crippen LogP contribution in [0.2, 0.25) is 0 Å². The third-order valence-electron chi connectivity index (χ3n) is 5.05. The van der Waals surface area contributed by atoms with E-state index in [4.69, 9.17) is 5.26 Å². The van der Waals surface area contributed by atoms with Crippen molar-refractivity contribution >= 4 is 0 Å². The van der Waals surface area contributed by atoms with E-state index in [2.05, 4.69) is 10.2 Å². The first-order chi connectivity index (χ1) is 11.0. The number of hydrogen-bond acceptors (Lipinski definition) is 3. The van der Waals surface area contributed by atoms with Gasteiger partial charge in [-0.15, -0.1) is 0 Å². The van der Waals surface area contributed by atoms with E-state index in [1.165, 1.54) is 12.1 Å². The minimum Gasteiger partial charge on any atom is -0.316 e. The molecule has 2 aliphatic rings. The van der Waals surface area contributed by atoms with Crippen LogP contribution in [0.1, 0.15) is 29.5 Å². The van der Waals surface area contributed by atoms with E-state index in [-0.39, 0.29) is 11.1 Å². The summed E-state index contributed by atoms with van der Waals surface area (Å²) in [5, 5.41) is 12.2. The van der Waals surface area contributed by atoms with Crippen LogP contribution in [0.5, 0.6) is 0 Å². The van der Waals surface area contributed by atoms with E-state index in [1.54, 1.807) is 6.07 Å². The van der Waals surface area contributed by atoms with Gasteiger partial charge in [-0.05, 0) is 68.6 Å². The van der Waals surface area contributed by atoms with Crippen molar-refractivity contribution in [2.24, 2.45) is 11.8 Å². The van der Waals surface area contributed by atoms with Gasteiger partial charge in [0, 0.05) is 6.54 Å². The lowest BCUT2D eigenvalue weighted by atomic mass is 9.92. The van der Waals surface area contributed by atoms with Crippen molar-refractivity contribution in [3.8, 4) is 6.07 Å². The maximum atomic E-state index is 13.3. The molecule has 0 saturated carbocycles. The lowest BCUT2D eigenvalue weighted by Gasteiger charge is -2.23. The van der Waals surface area contributed by atoms with Gasteiger partial charge in [-0.2, -0.15) is 18.4 Å². The van der Waals surface area contributed by atoms with Crippen LogP contribution in [0, 0.1) is 23.2 Å². The molecule has 0 bridgehead atoms. The summed E-state index contributed by atoms with van der Waals surface area (Å²) < 4.78 is 39.8. The maximum Gasteiger partial charge on any atom is 0.416 e. The van der Waals surface area contributed by atoms with Gasteiger partial charge in [0.25, 0.3) is 0 Å². The van der Waals surface area contributed by atoms with Gasteiger partial charge < -0.3 is 5.32 Å². The van der Waals surface area contributed by atoms with Crippen molar-refractivity contribution in [2.75, 3.05) is 26.2 Å². The summed E-state index contributed by atoms with van der Waals surface area (Å²) in [5.41, 5.74) is -0.359. The Balaban J connectivity index is 1.76. The molecule has 0 spiro atoms. The first kappa shape index (κ1) is 16.3. The molecule has 2 atom stereocenters. The summed E-state index contributed by atoms with van der Waals surface area (Å²) >= 11 is 0. The largest absolute Gasteiger partial charge is 0.416 e. The third kappa shape index (κ3) is 3.67. The Hall–Kier alpha value is -1.58. The highest BCUT2D eigenvalue weighted by Crippen LogP contribution is 2.34. The summed E-state index contributed by atoms with van der Waals surface area (Å²) in [6.45, 7) is 4.03. The van der Waals surface area contributed by atoms with Gasteiger partial charge >= 0.3 is 6.18 Å². The molecule has 0 amide bonds. The number of rotatable bonds is 2. The number of nitriles is 1. The highest BCUT2D eigenvalue weighted by atomic mass is 19.4. The second-order valence-electron chi connectivity index (χ2n) is 6.51. The Morgan fingerprint density at radius 3 is 2.39 bits per heavy atom. The van der Waals surface area contributed by atoms with Gasteiger partial charge in [-0.25, -0.2) is 0 Å². The standard InChI is InChI=1S/C17H20F3N3/c18-17(19,20)16-7-12(8-21)1-2-15(16)11-23-5-3-13-9-22-10-14(13)4-6-23/h1-2,7,13-14,22H,3-6,9-11H2/t13-,14+. The first-order valence-electron chi connectivity index (χ1n) is 8.00. The summed E-state index contributed by atoms with van der Waals surface area (Å²) in [6.07, 6.45) is -2.35. The molecule has 2 aliphatic heterocycles. The predicted molar refractivity (Wildman–Crippen MR) is 80.5 cm³/mol. The molecule has 2 heterocycles. The SMILES string of the molecule is N#Cc1ccc(CN2CC[C@@H]3CNC[C@@H]3CC2)c(C(F)(F)F)c1. The molecule has 6 heteroatoms.